The molecule has 0 aliphatic rings. The zero-order valence-corrected chi connectivity index (χ0v) is 7.32. The largest absolute Gasteiger partial charge is 0.417 e. The molecular weight excluding hydrogens is 209 g/mol. The standard InChI is InChI=1S/C9H5F3N2O/c10-9(11,12)6-1-2-7-3-13-8(5-15)14(7)4-6/h1-5H. The van der Waals surface area contributed by atoms with Gasteiger partial charge in [-0.2, -0.15) is 13.2 Å². The maximum atomic E-state index is 12.3. The molecule has 0 saturated carbocycles. The Morgan fingerprint density at radius 3 is 2.67 bits per heavy atom. The SMILES string of the molecule is O=Cc1ncc2ccc(C(F)(F)F)cn12. The summed E-state index contributed by atoms with van der Waals surface area (Å²) in [4.78, 5) is 14.1. The predicted molar refractivity (Wildman–Crippen MR) is 45.6 cm³/mol. The lowest BCUT2D eigenvalue weighted by Gasteiger charge is -2.06. The first-order chi connectivity index (χ1) is 7.02. The van der Waals surface area contributed by atoms with E-state index in [1.807, 2.05) is 0 Å². The van der Waals surface area contributed by atoms with Crippen molar-refractivity contribution in [3.05, 3.63) is 35.9 Å². The van der Waals surface area contributed by atoms with Crippen LogP contribution in [0.15, 0.2) is 24.5 Å². The van der Waals surface area contributed by atoms with Gasteiger partial charge in [-0.05, 0) is 12.1 Å². The minimum atomic E-state index is -4.42. The summed E-state index contributed by atoms with van der Waals surface area (Å²) < 4.78 is 38.1. The Kier molecular flexibility index (Phi) is 1.99. The third-order valence-electron chi connectivity index (χ3n) is 1.99. The molecule has 0 aliphatic carbocycles. The summed E-state index contributed by atoms with van der Waals surface area (Å²) in [6, 6.07) is 2.22. The molecule has 6 heteroatoms. The third kappa shape index (κ3) is 1.58. The summed E-state index contributed by atoms with van der Waals surface area (Å²) in [5.41, 5.74) is -0.360. The highest BCUT2D eigenvalue weighted by atomic mass is 19.4. The van der Waals surface area contributed by atoms with Crippen LogP contribution in [0.1, 0.15) is 16.2 Å². The average Bonchev–Trinajstić information content (AvgIpc) is 2.57. The number of alkyl halides is 3. The Morgan fingerprint density at radius 1 is 1.33 bits per heavy atom. The molecule has 0 N–H and O–H groups in total. The fourth-order valence-electron chi connectivity index (χ4n) is 1.27. The Bertz CT molecular complexity index is 516. The van der Waals surface area contributed by atoms with Gasteiger partial charge >= 0.3 is 6.18 Å². The highest BCUT2D eigenvalue weighted by molar-refractivity contribution is 5.72. The van der Waals surface area contributed by atoms with Gasteiger partial charge in [0.05, 0.1) is 17.3 Å². The number of aromatic nitrogens is 2. The van der Waals surface area contributed by atoms with Gasteiger partial charge < -0.3 is 0 Å². The molecule has 78 valence electrons. The quantitative estimate of drug-likeness (QED) is 0.682. The van der Waals surface area contributed by atoms with E-state index in [0.717, 1.165) is 16.7 Å². The zero-order chi connectivity index (χ0) is 11.1. The molecule has 2 heterocycles. The van der Waals surface area contributed by atoms with Crippen molar-refractivity contribution in [3.8, 4) is 0 Å². The van der Waals surface area contributed by atoms with Crippen LogP contribution in [0.3, 0.4) is 0 Å². The molecule has 3 nitrogen and oxygen atoms in total. The topological polar surface area (TPSA) is 34.4 Å². The van der Waals surface area contributed by atoms with Crippen molar-refractivity contribution in [2.75, 3.05) is 0 Å². The van der Waals surface area contributed by atoms with Crippen LogP contribution in [0, 0.1) is 0 Å². The number of carbonyl (C=O) groups is 1. The summed E-state index contributed by atoms with van der Waals surface area (Å²) in [7, 11) is 0. The van der Waals surface area contributed by atoms with E-state index in [4.69, 9.17) is 0 Å². The average molecular weight is 214 g/mol. The van der Waals surface area contributed by atoms with Crippen molar-refractivity contribution in [1.29, 1.82) is 0 Å². The van der Waals surface area contributed by atoms with Crippen molar-refractivity contribution in [2.24, 2.45) is 0 Å². The molecule has 0 radical (unpaired) electrons. The summed E-state index contributed by atoms with van der Waals surface area (Å²) in [6.07, 6.45) is -1.82. The van der Waals surface area contributed by atoms with Crippen LogP contribution >= 0.6 is 0 Å². The molecule has 2 aromatic heterocycles. The van der Waals surface area contributed by atoms with E-state index in [1.54, 1.807) is 0 Å². The number of hydrogen-bond donors (Lipinski definition) is 0. The lowest BCUT2D eigenvalue weighted by Crippen LogP contribution is -2.06. The molecule has 0 amide bonds. The second kappa shape index (κ2) is 3.08. The molecule has 0 aromatic carbocycles. The first-order valence-corrected chi connectivity index (χ1v) is 4.02. The van der Waals surface area contributed by atoms with Crippen molar-refractivity contribution in [1.82, 2.24) is 9.38 Å². The van der Waals surface area contributed by atoms with Crippen LogP contribution in [-0.4, -0.2) is 15.7 Å². The normalized spacial score (nSPS) is 11.9. The third-order valence-corrected chi connectivity index (χ3v) is 1.99. The molecule has 15 heavy (non-hydrogen) atoms. The number of halogens is 3. The van der Waals surface area contributed by atoms with Gasteiger partial charge in [0.1, 0.15) is 0 Å². The molecule has 0 atom stereocenters. The number of carbonyl (C=O) groups excluding carboxylic acids is 1. The van der Waals surface area contributed by atoms with Crippen LogP contribution in [0.25, 0.3) is 5.52 Å². The van der Waals surface area contributed by atoms with Gasteiger partial charge in [0.2, 0.25) is 0 Å². The predicted octanol–water partition coefficient (Wildman–Crippen LogP) is 2.17. The first-order valence-electron chi connectivity index (χ1n) is 4.02. The van der Waals surface area contributed by atoms with E-state index in [0.29, 0.717) is 11.8 Å². The van der Waals surface area contributed by atoms with E-state index in [9.17, 15) is 18.0 Å². The smallest absolute Gasteiger partial charge is 0.297 e. The fraction of sp³-hybridized carbons (Fsp3) is 0.111. The minimum Gasteiger partial charge on any atom is -0.297 e. The van der Waals surface area contributed by atoms with E-state index < -0.39 is 11.7 Å². The fourth-order valence-corrected chi connectivity index (χ4v) is 1.27. The molecule has 0 unspecified atom stereocenters. The van der Waals surface area contributed by atoms with Gasteiger partial charge in [0.25, 0.3) is 0 Å². The van der Waals surface area contributed by atoms with Gasteiger partial charge in [0, 0.05) is 6.20 Å². The summed E-state index contributed by atoms with van der Waals surface area (Å²) in [5.74, 6) is -0.0453. The number of imidazole rings is 1. The van der Waals surface area contributed by atoms with Crippen molar-refractivity contribution >= 4 is 11.8 Å². The number of rotatable bonds is 1. The lowest BCUT2D eigenvalue weighted by atomic mass is 10.2. The molecule has 0 saturated heterocycles. The highest BCUT2D eigenvalue weighted by Crippen LogP contribution is 2.29. The van der Waals surface area contributed by atoms with Gasteiger partial charge in [0.15, 0.2) is 12.1 Å². The van der Waals surface area contributed by atoms with Gasteiger partial charge in [-0.1, -0.05) is 0 Å². The van der Waals surface area contributed by atoms with Crippen molar-refractivity contribution in [3.63, 3.8) is 0 Å². The Labute approximate surface area is 82.2 Å². The van der Waals surface area contributed by atoms with Crippen molar-refractivity contribution < 1.29 is 18.0 Å². The first kappa shape index (κ1) is 9.70. The lowest BCUT2D eigenvalue weighted by molar-refractivity contribution is -0.137. The second-order valence-corrected chi connectivity index (χ2v) is 2.94. The van der Waals surface area contributed by atoms with E-state index in [2.05, 4.69) is 4.98 Å². The molecule has 2 rings (SSSR count). The van der Waals surface area contributed by atoms with E-state index in [-0.39, 0.29) is 5.82 Å². The zero-order valence-electron chi connectivity index (χ0n) is 7.32. The second-order valence-electron chi connectivity index (χ2n) is 2.94. The minimum absolute atomic E-state index is 0.0453. The Hall–Kier alpha value is -1.85. The van der Waals surface area contributed by atoms with Crippen LogP contribution in [0.4, 0.5) is 13.2 Å². The molecule has 0 spiro atoms. The van der Waals surface area contributed by atoms with Gasteiger partial charge in [-0.15, -0.1) is 0 Å². The highest BCUT2D eigenvalue weighted by Gasteiger charge is 2.30. The summed E-state index contributed by atoms with van der Waals surface area (Å²) in [6.45, 7) is 0. The number of pyridine rings is 1. The molecule has 2 aromatic rings. The van der Waals surface area contributed by atoms with E-state index in [1.165, 1.54) is 12.3 Å². The summed E-state index contributed by atoms with van der Waals surface area (Å²) >= 11 is 0. The Morgan fingerprint density at radius 2 is 2.07 bits per heavy atom. The molecule has 0 fully saturated rings. The van der Waals surface area contributed by atoms with Crippen LogP contribution in [0.2, 0.25) is 0 Å². The number of fused-ring (bicyclic) bond motifs is 1. The van der Waals surface area contributed by atoms with Crippen LogP contribution in [0.5, 0.6) is 0 Å². The Balaban J connectivity index is 2.68. The van der Waals surface area contributed by atoms with Gasteiger partial charge in [-0.3, -0.25) is 9.20 Å². The molecular formula is C9H5F3N2O. The van der Waals surface area contributed by atoms with Crippen LogP contribution < -0.4 is 0 Å². The molecule has 0 aliphatic heterocycles. The summed E-state index contributed by atoms with van der Waals surface area (Å²) in [5, 5.41) is 0. The monoisotopic (exact) mass is 214 g/mol. The van der Waals surface area contributed by atoms with Gasteiger partial charge in [-0.25, -0.2) is 4.98 Å². The maximum Gasteiger partial charge on any atom is 0.417 e. The molecule has 0 bridgehead atoms. The number of nitrogens with zero attached hydrogens (tertiary/aromatic N) is 2. The number of hydrogen-bond acceptors (Lipinski definition) is 2. The van der Waals surface area contributed by atoms with Crippen LogP contribution in [-0.2, 0) is 6.18 Å². The maximum absolute atomic E-state index is 12.3. The van der Waals surface area contributed by atoms with E-state index >= 15 is 0 Å². The van der Waals surface area contributed by atoms with Crippen molar-refractivity contribution in [2.45, 2.75) is 6.18 Å². The number of aldehydes is 1.